The highest BCUT2D eigenvalue weighted by Crippen LogP contribution is 2.22. The third-order valence-electron chi connectivity index (χ3n) is 10.5. The maximum Gasteiger partial charge on any atom is 0.246 e. The van der Waals surface area contributed by atoms with E-state index in [1.54, 1.807) is 42.6 Å². The van der Waals surface area contributed by atoms with E-state index in [0.29, 0.717) is 12.8 Å². The summed E-state index contributed by atoms with van der Waals surface area (Å²) in [6.45, 7) is 1.25. The van der Waals surface area contributed by atoms with Crippen LogP contribution in [0.1, 0.15) is 49.3 Å². The first-order chi connectivity index (χ1) is 29.8. The summed E-state index contributed by atoms with van der Waals surface area (Å²) in [5.74, 6) is -4.36. The number of hydrogen-bond acceptors (Lipinski definition) is 8. The number of para-hydroxylation sites is 1. The van der Waals surface area contributed by atoms with Gasteiger partial charge < -0.3 is 53.7 Å². The number of aromatic amines is 1. The van der Waals surface area contributed by atoms with E-state index < -0.39 is 78.1 Å². The molecule has 4 aromatic rings. The van der Waals surface area contributed by atoms with Gasteiger partial charge in [-0.15, -0.1) is 0 Å². The number of H-pyrrole nitrogens is 1. The lowest BCUT2D eigenvalue weighted by molar-refractivity contribution is -0.142. The summed E-state index contributed by atoms with van der Waals surface area (Å²) in [6.07, 6.45) is 3.20. The lowest BCUT2D eigenvalue weighted by Gasteiger charge is -2.31. The van der Waals surface area contributed by atoms with Crippen molar-refractivity contribution in [1.82, 2.24) is 36.5 Å². The number of carbonyl (C=O) groups is 7. The Morgan fingerprint density at radius 1 is 0.726 bits per heavy atom. The van der Waals surface area contributed by atoms with Crippen molar-refractivity contribution in [2.24, 2.45) is 22.2 Å². The van der Waals surface area contributed by atoms with Gasteiger partial charge >= 0.3 is 0 Å². The Morgan fingerprint density at radius 3 is 1.97 bits per heavy atom. The number of guanidine groups is 1. The number of fused-ring (bicyclic) bond motifs is 1. The number of likely N-dealkylation sites (tertiary alicyclic amines) is 1. The number of amides is 7. The number of rotatable bonds is 21. The summed E-state index contributed by atoms with van der Waals surface area (Å²) >= 11 is 0. The smallest absolute Gasteiger partial charge is 0.246 e. The highest BCUT2D eigenvalue weighted by atomic mass is 16.2. The Kier molecular flexibility index (Phi) is 16.6. The predicted octanol–water partition coefficient (Wildman–Crippen LogP) is -0.199. The van der Waals surface area contributed by atoms with Gasteiger partial charge in [0.25, 0.3) is 0 Å². The van der Waals surface area contributed by atoms with Crippen molar-refractivity contribution in [1.29, 1.82) is 0 Å². The summed E-state index contributed by atoms with van der Waals surface area (Å²) in [5.41, 5.74) is 19.2. The SMILES string of the molecule is CC(=O)N[C@@H](CCCN=C(N)N)C(=O)N[C@@H](Cc1ccccc1)C(=O)N[C@@H](Cc1ccccc1)C(=O)N1CCC[C@H]1C(=O)N[C@@H](Cc1c[nH]c2ccccc12)C(=O)NCC(N)=O. The molecule has 5 rings (SSSR count). The zero-order valence-corrected chi connectivity index (χ0v) is 34.6. The molecule has 1 aliphatic rings. The normalized spacial score (nSPS) is 15.3. The van der Waals surface area contributed by atoms with Gasteiger partial charge in [-0.3, -0.25) is 38.6 Å². The maximum atomic E-state index is 14.7. The van der Waals surface area contributed by atoms with E-state index in [1.807, 2.05) is 48.5 Å². The molecule has 0 spiro atoms. The molecule has 328 valence electrons. The molecule has 12 N–H and O–H groups in total. The summed E-state index contributed by atoms with van der Waals surface area (Å²) in [7, 11) is 0. The van der Waals surface area contributed by atoms with Gasteiger partial charge in [0.2, 0.25) is 41.4 Å². The lowest BCUT2D eigenvalue weighted by atomic mass is 10.0. The zero-order chi connectivity index (χ0) is 44.6. The molecule has 0 unspecified atom stereocenters. The van der Waals surface area contributed by atoms with Crippen LogP contribution in [-0.4, -0.2) is 107 Å². The minimum absolute atomic E-state index is 0.0514. The zero-order valence-electron chi connectivity index (χ0n) is 34.6. The molecule has 2 heterocycles. The fourth-order valence-electron chi connectivity index (χ4n) is 7.47. The first-order valence-electron chi connectivity index (χ1n) is 20.5. The summed E-state index contributed by atoms with van der Waals surface area (Å²) < 4.78 is 0. The fourth-order valence-corrected chi connectivity index (χ4v) is 7.47. The number of nitrogens with one attached hydrogen (secondary N) is 6. The van der Waals surface area contributed by atoms with Crippen LogP contribution in [0.3, 0.4) is 0 Å². The number of aromatic nitrogens is 1. The van der Waals surface area contributed by atoms with Crippen molar-refractivity contribution < 1.29 is 33.6 Å². The molecule has 1 saturated heterocycles. The van der Waals surface area contributed by atoms with Gasteiger partial charge in [-0.1, -0.05) is 78.9 Å². The van der Waals surface area contributed by atoms with Gasteiger partial charge in [-0.05, 0) is 48.4 Å². The van der Waals surface area contributed by atoms with Gasteiger partial charge in [-0.25, -0.2) is 0 Å². The molecule has 18 heteroatoms. The number of hydrogen-bond donors (Lipinski definition) is 9. The van der Waals surface area contributed by atoms with Gasteiger partial charge in [0.15, 0.2) is 5.96 Å². The fraction of sp³-hybridized carbons (Fsp3) is 0.364. The van der Waals surface area contributed by atoms with Gasteiger partial charge in [0.1, 0.15) is 30.2 Å². The largest absolute Gasteiger partial charge is 0.370 e. The predicted molar refractivity (Wildman–Crippen MR) is 233 cm³/mol. The first kappa shape index (κ1) is 45.8. The third kappa shape index (κ3) is 13.4. The molecular weight excluding hydrogens is 795 g/mol. The van der Waals surface area contributed by atoms with Crippen LogP contribution in [0.15, 0.2) is 96.1 Å². The summed E-state index contributed by atoms with van der Waals surface area (Å²) in [5, 5.41) is 14.5. The van der Waals surface area contributed by atoms with Crippen LogP contribution in [0.5, 0.6) is 0 Å². The Balaban J connectivity index is 1.38. The topological polar surface area (TPSA) is 289 Å². The van der Waals surface area contributed by atoms with E-state index in [-0.39, 0.29) is 51.2 Å². The van der Waals surface area contributed by atoms with Crippen LogP contribution in [-0.2, 0) is 52.8 Å². The average molecular weight is 850 g/mol. The first-order valence-corrected chi connectivity index (χ1v) is 20.5. The second kappa shape index (κ2) is 22.4. The molecule has 0 bridgehead atoms. The molecule has 1 fully saturated rings. The number of carbonyl (C=O) groups excluding carboxylic acids is 7. The van der Waals surface area contributed by atoms with Crippen LogP contribution in [0.4, 0.5) is 0 Å². The van der Waals surface area contributed by atoms with E-state index in [2.05, 4.69) is 36.6 Å². The summed E-state index contributed by atoms with van der Waals surface area (Å²) in [6, 6.07) is 20.0. The lowest BCUT2D eigenvalue weighted by Crippen LogP contribution is -2.60. The molecule has 7 amide bonds. The minimum Gasteiger partial charge on any atom is -0.370 e. The Morgan fingerprint density at radius 2 is 1.32 bits per heavy atom. The number of primary amides is 1. The molecule has 5 atom stereocenters. The Labute approximate surface area is 359 Å². The quantitative estimate of drug-likeness (QED) is 0.0305. The number of benzene rings is 3. The molecule has 3 aromatic carbocycles. The molecule has 1 aromatic heterocycles. The Bertz CT molecular complexity index is 2230. The van der Waals surface area contributed by atoms with Crippen molar-refractivity contribution in [3.8, 4) is 0 Å². The van der Waals surface area contributed by atoms with Crippen LogP contribution in [0.25, 0.3) is 10.9 Å². The standard InChI is InChI=1S/C44H55N11O7/c1-27(56)51-33(18-10-20-48-44(46)47)40(59)52-34(22-28-12-4-2-5-13-28)41(60)54-36(23-29-14-6-3-7-15-29)43(62)55-21-11-19-37(55)42(61)53-35(39(58)50-26-38(45)57)24-30-25-49-32-17-9-8-16-31(30)32/h2-9,12-17,25,33-37,49H,10-11,18-24,26H2,1H3,(H2,45,57)(H,50,58)(H,51,56)(H,52,59)(H,53,61)(H,54,60)(H4,46,47,48)/t33-,34-,35-,36-,37-/m0/s1. The highest BCUT2D eigenvalue weighted by Gasteiger charge is 2.40. The van der Waals surface area contributed by atoms with Crippen molar-refractivity contribution in [2.75, 3.05) is 19.6 Å². The highest BCUT2D eigenvalue weighted by molar-refractivity contribution is 5.97. The van der Waals surface area contributed by atoms with Gasteiger partial charge in [-0.2, -0.15) is 0 Å². The molecular formula is C44H55N11O7. The molecule has 18 nitrogen and oxygen atoms in total. The van der Waals surface area contributed by atoms with Gasteiger partial charge in [0.05, 0.1) is 6.54 Å². The monoisotopic (exact) mass is 849 g/mol. The van der Waals surface area contributed by atoms with E-state index >= 15 is 0 Å². The van der Waals surface area contributed by atoms with Crippen LogP contribution in [0.2, 0.25) is 0 Å². The van der Waals surface area contributed by atoms with Crippen molar-refractivity contribution in [3.05, 3.63) is 108 Å². The van der Waals surface area contributed by atoms with E-state index in [9.17, 15) is 33.6 Å². The molecule has 62 heavy (non-hydrogen) atoms. The van der Waals surface area contributed by atoms with Crippen LogP contribution < -0.4 is 43.8 Å². The van der Waals surface area contributed by atoms with E-state index in [1.165, 1.54) is 11.8 Å². The molecule has 0 radical (unpaired) electrons. The van der Waals surface area contributed by atoms with Crippen LogP contribution >= 0.6 is 0 Å². The van der Waals surface area contributed by atoms with Crippen molar-refractivity contribution in [3.63, 3.8) is 0 Å². The number of nitrogens with two attached hydrogens (primary N) is 3. The molecule has 0 saturated carbocycles. The second-order valence-corrected chi connectivity index (χ2v) is 15.2. The number of aliphatic imine (C=N–C) groups is 1. The van der Waals surface area contributed by atoms with Crippen molar-refractivity contribution >= 4 is 58.2 Å². The summed E-state index contributed by atoms with van der Waals surface area (Å²) in [4.78, 5) is 103. The number of nitrogens with zero attached hydrogens (tertiary/aromatic N) is 2. The minimum atomic E-state index is -1.19. The Hall–Kier alpha value is -7.24. The second-order valence-electron chi connectivity index (χ2n) is 15.2. The molecule has 1 aliphatic heterocycles. The van der Waals surface area contributed by atoms with Gasteiger partial charge in [0, 0.05) is 56.4 Å². The van der Waals surface area contributed by atoms with Crippen LogP contribution in [0, 0.1) is 0 Å². The van der Waals surface area contributed by atoms with E-state index in [4.69, 9.17) is 17.2 Å². The van der Waals surface area contributed by atoms with Crippen molar-refractivity contribution in [2.45, 2.75) is 82.1 Å². The third-order valence-corrected chi connectivity index (χ3v) is 10.5. The van der Waals surface area contributed by atoms with E-state index in [0.717, 1.165) is 27.6 Å². The average Bonchev–Trinajstić information content (AvgIpc) is 3.91. The maximum absolute atomic E-state index is 14.7. The molecule has 0 aliphatic carbocycles.